The lowest BCUT2D eigenvalue weighted by molar-refractivity contribution is -0.111. The van der Waals surface area contributed by atoms with Gasteiger partial charge in [-0.3, -0.25) is 9.48 Å². The molecule has 0 aliphatic heterocycles. The van der Waals surface area contributed by atoms with Crippen LogP contribution in [0.25, 0.3) is 6.08 Å². The summed E-state index contributed by atoms with van der Waals surface area (Å²) in [4.78, 5) is 11.8. The molecule has 2 rings (SSSR count). The van der Waals surface area contributed by atoms with Gasteiger partial charge in [0.2, 0.25) is 5.91 Å². The van der Waals surface area contributed by atoms with Gasteiger partial charge in [0.25, 0.3) is 0 Å². The lowest BCUT2D eigenvalue weighted by Gasteiger charge is -2.22. The highest BCUT2D eigenvalue weighted by Gasteiger charge is 2.16. The number of hydrogen-bond donors (Lipinski definition) is 1. The number of amides is 1. The van der Waals surface area contributed by atoms with Crippen molar-refractivity contribution in [3.63, 3.8) is 0 Å². The van der Waals surface area contributed by atoms with Gasteiger partial charge < -0.3 is 14.5 Å². The van der Waals surface area contributed by atoms with E-state index < -0.39 is 0 Å². The molecule has 2 aromatic rings. The van der Waals surface area contributed by atoms with Gasteiger partial charge in [-0.15, -0.1) is 0 Å². The van der Waals surface area contributed by atoms with Crippen LogP contribution in [-0.2, 0) is 16.1 Å². The summed E-state index contributed by atoms with van der Waals surface area (Å²) in [6, 6.07) is 1.78. The second-order valence-electron chi connectivity index (χ2n) is 5.59. The normalized spacial score (nSPS) is 12.0. The molecule has 0 spiro atoms. The third-order valence-corrected chi connectivity index (χ3v) is 3.37. The maximum atomic E-state index is 11.8. The molecular weight excluding hydrogens is 282 g/mol. The number of nitrogens with one attached hydrogen (secondary N) is 1. The van der Waals surface area contributed by atoms with Crippen LogP contribution in [0.1, 0.15) is 25.8 Å². The number of anilines is 1. The number of carbonyl (C=O) groups excluding carboxylic acids is 1. The number of aryl methyl sites for hydroxylation is 1. The van der Waals surface area contributed by atoms with E-state index in [2.05, 4.69) is 10.4 Å². The molecule has 0 radical (unpaired) electrons. The van der Waals surface area contributed by atoms with Crippen molar-refractivity contribution in [1.82, 2.24) is 9.78 Å². The van der Waals surface area contributed by atoms with Crippen molar-refractivity contribution >= 4 is 17.7 Å². The van der Waals surface area contributed by atoms with Gasteiger partial charge in [0.1, 0.15) is 0 Å². The molecule has 0 saturated carbocycles. The summed E-state index contributed by atoms with van der Waals surface area (Å²) in [6.07, 6.45) is 10.5. The average Bonchev–Trinajstić information content (AvgIpc) is 3.15. The molecule has 118 valence electrons. The van der Waals surface area contributed by atoms with Crippen LogP contribution in [0.3, 0.4) is 0 Å². The molecule has 1 N–H and O–H groups in total. The Balaban J connectivity index is 1.85. The molecule has 0 atom stereocenters. The first-order valence-electron chi connectivity index (χ1n) is 7.07. The van der Waals surface area contributed by atoms with Gasteiger partial charge in [-0.2, -0.15) is 5.10 Å². The zero-order valence-electron chi connectivity index (χ0n) is 13.1. The molecule has 1 amide bonds. The molecule has 2 aromatic heterocycles. The average molecular weight is 303 g/mol. The number of aromatic nitrogens is 2. The van der Waals surface area contributed by atoms with Crippen LogP contribution in [0.5, 0.6) is 0 Å². The third-order valence-electron chi connectivity index (χ3n) is 3.37. The highest BCUT2D eigenvalue weighted by Crippen LogP contribution is 2.15. The van der Waals surface area contributed by atoms with Crippen molar-refractivity contribution in [2.75, 3.05) is 12.4 Å². The SMILES string of the molecule is COC(C)(C)CCn1cc(NC(=O)/C=C/c2ccoc2)cn1. The fourth-order valence-corrected chi connectivity index (χ4v) is 1.76. The van der Waals surface area contributed by atoms with Gasteiger partial charge in [0.05, 0.1) is 30.0 Å². The predicted molar refractivity (Wildman–Crippen MR) is 84.3 cm³/mol. The van der Waals surface area contributed by atoms with Crippen LogP contribution >= 0.6 is 0 Å². The van der Waals surface area contributed by atoms with Gasteiger partial charge in [-0.25, -0.2) is 0 Å². The first kappa shape index (κ1) is 16.0. The monoisotopic (exact) mass is 303 g/mol. The molecule has 0 unspecified atom stereocenters. The topological polar surface area (TPSA) is 69.3 Å². The molecule has 2 heterocycles. The van der Waals surface area contributed by atoms with E-state index >= 15 is 0 Å². The Morgan fingerprint density at radius 2 is 2.36 bits per heavy atom. The van der Waals surface area contributed by atoms with E-state index in [1.807, 2.05) is 13.8 Å². The van der Waals surface area contributed by atoms with Gasteiger partial charge >= 0.3 is 0 Å². The number of furan rings is 1. The maximum Gasteiger partial charge on any atom is 0.248 e. The summed E-state index contributed by atoms with van der Waals surface area (Å²) in [6.45, 7) is 4.78. The van der Waals surface area contributed by atoms with Gasteiger partial charge in [0.15, 0.2) is 0 Å². The Morgan fingerprint density at radius 3 is 3.05 bits per heavy atom. The Kier molecular flexibility index (Phi) is 5.16. The minimum Gasteiger partial charge on any atom is -0.472 e. The van der Waals surface area contributed by atoms with E-state index in [0.717, 1.165) is 18.5 Å². The number of nitrogens with zero attached hydrogens (tertiary/aromatic N) is 2. The van der Waals surface area contributed by atoms with E-state index in [4.69, 9.17) is 9.15 Å². The highest BCUT2D eigenvalue weighted by molar-refractivity contribution is 6.01. The van der Waals surface area contributed by atoms with Crippen LogP contribution in [0.2, 0.25) is 0 Å². The molecule has 0 aliphatic rings. The van der Waals surface area contributed by atoms with Crippen LogP contribution in [-0.4, -0.2) is 28.4 Å². The van der Waals surface area contributed by atoms with Crippen molar-refractivity contribution in [3.8, 4) is 0 Å². The Morgan fingerprint density at radius 1 is 1.55 bits per heavy atom. The Hall–Kier alpha value is -2.34. The first-order chi connectivity index (χ1) is 10.5. The molecule has 0 aliphatic carbocycles. The molecule has 0 saturated heterocycles. The smallest absolute Gasteiger partial charge is 0.248 e. The second kappa shape index (κ2) is 7.09. The summed E-state index contributed by atoms with van der Waals surface area (Å²) in [7, 11) is 1.70. The zero-order valence-corrected chi connectivity index (χ0v) is 13.1. The minimum atomic E-state index is -0.210. The van der Waals surface area contributed by atoms with E-state index in [1.165, 1.54) is 6.08 Å². The van der Waals surface area contributed by atoms with Crippen LogP contribution in [0, 0.1) is 0 Å². The molecule has 0 aromatic carbocycles. The van der Waals surface area contributed by atoms with Gasteiger partial charge in [-0.05, 0) is 32.4 Å². The quantitative estimate of drug-likeness (QED) is 0.798. The number of methoxy groups -OCH3 is 1. The summed E-state index contributed by atoms with van der Waals surface area (Å²) < 4.78 is 12.1. The fraction of sp³-hybridized carbons (Fsp3) is 0.375. The number of hydrogen-bond acceptors (Lipinski definition) is 4. The number of rotatable bonds is 7. The van der Waals surface area contributed by atoms with Gasteiger partial charge in [0, 0.05) is 31.5 Å². The largest absolute Gasteiger partial charge is 0.472 e. The lowest BCUT2D eigenvalue weighted by Crippen LogP contribution is -2.24. The van der Waals surface area contributed by atoms with Crippen molar-refractivity contribution in [3.05, 3.63) is 42.6 Å². The number of carbonyl (C=O) groups is 1. The molecule has 0 bridgehead atoms. The van der Waals surface area contributed by atoms with E-state index in [1.54, 1.807) is 48.9 Å². The molecule has 6 nitrogen and oxygen atoms in total. The maximum absolute atomic E-state index is 11.8. The summed E-state index contributed by atoms with van der Waals surface area (Å²) in [5.74, 6) is -0.210. The van der Waals surface area contributed by atoms with Crippen molar-refractivity contribution in [2.24, 2.45) is 0 Å². The Bertz CT molecular complexity index is 627. The lowest BCUT2D eigenvalue weighted by atomic mass is 10.1. The highest BCUT2D eigenvalue weighted by atomic mass is 16.5. The van der Waals surface area contributed by atoms with Crippen LogP contribution in [0.4, 0.5) is 5.69 Å². The first-order valence-corrected chi connectivity index (χ1v) is 7.07. The van der Waals surface area contributed by atoms with Gasteiger partial charge in [-0.1, -0.05) is 0 Å². The van der Waals surface area contributed by atoms with Crippen molar-refractivity contribution in [1.29, 1.82) is 0 Å². The summed E-state index contributed by atoms with van der Waals surface area (Å²) >= 11 is 0. The predicted octanol–water partition coefficient (Wildman–Crippen LogP) is 2.94. The second-order valence-corrected chi connectivity index (χ2v) is 5.59. The molecular formula is C16H21N3O3. The summed E-state index contributed by atoms with van der Waals surface area (Å²) in [5.41, 5.74) is 1.31. The minimum absolute atomic E-state index is 0.192. The van der Waals surface area contributed by atoms with Crippen LogP contribution in [0.15, 0.2) is 41.5 Å². The van der Waals surface area contributed by atoms with E-state index in [9.17, 15) is 4.79 Å². The zero-order chi connectivity index (χ0) is 16.0. The standard InChI is InChI=1S/C16H21N3O3/c1-16(2,21-3)7-8-19-11-14(10-17-19)18-15(20)5-4-13-6-9-22-12-13/h4-6,9-12H,7-8H2,1-3H3,(H,18,20)/b5-4+. The molecule has 22 heavy (non-hydrogen) atoms. The number of ether oxygens (including phenoxy) is 1. The summed E-state index contributed by atoms with van der Waals surface area (Å²) in [5, 5.41) is 6.99. The van der Waals surface area contributed by atoms with Crippen molar-refractivity contribution in [2.45, 2.75) is 32.4 Å². The fourth-order valence-electron chi connectivity index (χ4n) is 1.76. The van der Waals surface area contributed by atoms with Crippen molar-refractivity contribution < 1.29 is 13.9 Å². The molecule has 6 heteroatoms. The third kappa shape index (κ3) is 4.89. The van der Waals surface area contributed by atoms with Crippen LogP contribution < -0.4 is 5.32 Å². The Labute approximate surface area is 129 Å². The van der Waals surface area contributed by atoms with E-state index in [0.29, 0.717) is 5.69 Å². The molecule has 0 fully saturated rings. The van der Waals surface area contributed by atoms with E-state index in [-0.39, 0.29) is 11.5 Å².